The molecule has 0 aromatic carbocycles. The standard InChI is InChI=1S/C19H24FN3OS/c1-12(2)10-14-6-5-9-23(11-14)19-22-16(13(3)25-19)17(24)15-7-4-8-21-18(15)20/h4,7-8,12,14H,5-6,9-11H2,1-3H3. The molecular formula is C19H24FN3OS. The van der Waals surface area contributed by atoms with Gasteiger partial charge in [0.1, 0.15) is 5.69 Å². The van der Waals surface area contributed by atoms with E-state index in [2.05, 4.69) is 28.7 Å². The molecule has 6 heteroatoms. The van der Waals surface area contributed by atoms with E-state index >= 15 is 0 Å². The fourth-order valence-electron chi connectivity index (χ4n) is 3.51. The van der Waals surface area contributed by atoms with Crippen LogP contribution in [0.1, 0.15) is 54.0 Å². The first kappa shape index (κ1) is 18.0. The van der Waals surface area contributed by atoms with Crippen molar-refractivity contribution in [2.45, 2.75) is 40.0 Å². The Hall–Kier alpha value is -1.82. The van der Waals surface area contributed by atoms with Gasteiger partial charge in [-0.05, 0) is 50.2 Å². The lowest BCUT2D eigenvalue weighted by Crippen LogP contribution is -2.35. The zero-order valence-corrected chi connectivity index (χ0v) is 15.8. The van der Waals surface area contributed by atoms with Crippen LogP contribution in [0.15, 0.2) is 18.3 Å². The summed E-state index contributed by atoms with van der Waals surface area (Å²) in [5.41, 5.74) is 0.330. The number of aryl methyl sites for hydroxylation is 1. The van der Waals surface area contributed by atoms with Gasteiger partial charge < -0.3 is 4.90 Å². The molecule has 25 heavy (non-hydrogen) atoms. The molecule has 1 atom stereocenters. The average Bonchev–Trinajstić information content (AvgIpc) is 2.96. The number of anilines is 1. The first-order chi connectivity index (χ1) is 12.0. The third-order valence-electron chi connectivity index (χ3n) is 4.60. The maximum absolute atomic E-state index is 13.8. The predicted octanol–water partition coefficient (Wildman–Crippen LogP) is 4.48. The largest absolute Gasteiger partial charge is 0.348 e. The van der Waals surface area contributed by atoms with Crippen LogP contribution in [-0.2, 0) is 0 Å². The molecule has 2 aromatic heterocycles. The molecule has 3 heterocycles. The van der Waals surface area contributed by atoms with Crippen LogP contribution >= 0.6 is 11.3 Å². The molecule has 3 rings (SSSR count). The van der Waals surface area contributed by atoms with Crippen molar-refractivity contribution >= 4 is 22.3 Å². The topological polar surface area (TPSA) is 46.1 Å². The Bertz CT molecular complexity index is 759. The fourth-order valence-corrected chi connectivity index (χ4v) is 4.45. The van der Waals surface area contributed by atoms with E-state index in [9.17, 15) is 9.18 Å². The average molecular weight is 361 g/mol. The molecule has 134 valence electrons. The van der Waals surface area contributed by atoms with Gasteiger partial charge in [-0.1, -0.05) is 13.8 Å². The number of rotatable bonds is 5. The van der Waals surface area contributed by atoms with Crippen molar-refractivity contribution in [2.75, 3.05) is 18.0 Å². The quantitative estimate of drug-likeness (QED) is 0.582. The smallest absolute Gasteiger partial charge is 0.224 e. The van der Waals surface area contributed by atoms with Crippen molar-refractivity contribution in [3.63, 3.8) is 0 Å². The van der Waals surface area contributed by atoms with Gasteiger partial charge in [0.25, 0.3) is 0 Å². The summed E-state index contributed by atoms with van der Waals surface area (Å²) in [6.45, 7) is 8.34. The highest BCUT2D eigenvalue weighted by molar-refractivity contribution is 7.15. The number of nitrogens with zero attached hydrogens (tertiary/aromatic N) is 3. The Kier molecular flexibility index (Phi) is 5.47. The summed E-state index contributed by atoms with van der Waals surface area (Å²) in [4.78, 5) is 23.9. The van der Waals surface area contributed by atoms with E-state index in [-0.39, 0.29) is 11.3 Å². The Balaban J connectivity index is 1.80. The second-order valence-electron chi connectivity index (χ2n) is 7.16. The maximum Gasteiger partial charge on any atom is 0.224 e. The third-order valence-corrected chi connectivity index (χ3v) is 5.63. The predicted molar refractivity (Wildman–Crippen MR) is 98.9 cm³/mol. The highest BCUT2D eigenvalue weighted by Crippen LogP contribution is 2.32. The number of carbonyl (C=O) groups is 1. The lowest BCUT2D eigenvalue weighted by molar-refractivity contribution is 0.103. The van der Waals surface area contributed by atoms with E-state index in [1.807, 2.05) is 6.92 Å². The molecule has 0 radical (unpaired) electrons. The van der Waals surface area contributed by atoms with Crippen LogP contribution in [0.4, 0.5) is 9.52 Å². The van der Waals surface area contributed by atoms with E-state index < -0.39 is 5.95 Å². The molecule has 0 spiro atoms. The number of carbonyl (C=O) groups excluding carboxylic acids is 1. The van der Waals surface area contributed by atoms with Crippen LogP contribution in [0.25, 0.3) is 0 Å². The molecule has 2 aromatic rings. The summed E-state index contributed by atoms with van der Waals surface area (Å²) in [7, 11) is 0. The molecule has 0 bridgehead atoms. The van der Waals surface area contributed by atoms with Crippen LogP contribution in [0.5, 0.6) is 0 Å². The highest BCUT2D eigenvalue weighted by Gasteiger charge is 2.26. The number of hydrogen-bond donors (Lipinski definition) is 0. The molecule has 0 aliphatic carbocycles. The first-order valence-corrected chi connectivity index (χ1v) is 9.65. The highest BCUT2D eigenvalue weighted by atomic mass is 32.1. The molecule has 0 N–H and O–H groups in total. The van der Waals surface area contributed by atoms with Crippen molar-refractivity contribution in [2.24, 2.45) is 11.8 Å². The Morgan fingerprint density at radius 1 is 1.48 bits per heavy atom. The van der Waals surface area contributed by atoms with Crippen molar-refractivity contribution in [3.8, 4) is 0 Å². The summed E-state index contributed by atoms with van der Waals surface area (Å²) in [5.74, 6) is 0.235. The number of aromatic nitrogens is 2. The Morgan fingerprint density at radius 3 is 3.00 bits per heavy atom. The van der Waals surface area contributed by atoms with E-state index in [1.54, 1.807) is 6.07 Å². The van der Waals surface area contributed by atoms with Gasteiger partial charge in [-0.15, -0.1) is 11.3 Å². The molecule has 0 saturated carbocycles. The molecule has 1 aliphatic rings. The van der Waals surface area contributed by atoms with Crippen molar-refractivity contribution < 1.29 is 9.18 Å². The zero-order chi connectivity index (χ0) is 18.0. The number of pyridine rings is 1. The summed E-state index contributed by atoms with van der Waals surface area (Å²) < 4.78 is 13.8. The van der Waals surface area contributed by atoms with Gasteiger partial charge in [-0.25, -0.2) is 9.97 Å². The lowest BCUT2D eigenvalue weighted by Gasteiger charge is -2.33. The van der Waals surface area contributed by atoms with E-state index in [0.29, 0.717) is 17.5 Å². The van der Waals surface area contributed by atoms with Gasteiger partial charge >= 0.3 is 0 Å². The molecule has 4 nitrogen and oxygen atoms in total. The minimum atomic E-state index is -0.739. The normalized spacial score (nSPS) is 18.0. The Labute approximate surface area is 152 Å². The van der Waals surface area contributed by atoms with Gasteiger partial charge in [0, 0.05) is 24.2 Å². The van der Waals surface area contributed by atoms with Crippen LogP contribution in [0.2, 0.25) is 0 Å². The summed E-state index contributed by atoms with van der Waals surface area (Å²) in [6.07, 6.45) is 4.96. The zero-order valence-electron chi connectivity index (χ0n) is 15.0. The minimum Gasteiger partial charge on any atom is -0.348 e. The molecule has 0 amide bonds. The van der Waals surface area contributed by atoms with Crippen LogP contribution < -0.4 is 4.90 Å². The molecular weight excluding hydrogens is 337 g/mol. The van der Waals surface area contributed by atoms with Crippen molar-refractivity contribution in [1.82, 2.24) is 9.97 Å². The first-order valence-electron chi connectivity index (χ1n) is 8.83. The van der Waals surface area contributed by atoms with E-state index in [4.69, 9.17) is 0 Å². The maximum atomic E-state index is 13.8. The van der Waals surface area contributed by atoms with Crippen molar-refractivity contribution in [3.05, 3.63) is 40.4 Å². The molecule has 1 aliphatic heterocycles. The van der Waals surface area contributed by atoms with Crippen LogP contribution in [-0.4, -0.2) is 28.8 Å². The van der Waals surface area contributed by atoms with Gasteiger partial charge in [-0.3, -0.25) is 4.79 Å². The number of thiazole rings is 1. The fraction of sp³-hybridized carbons (Fsp3) is 0.526. The van der Waals surface area contributed by atoms with E-state index in [1.165, 1.54) is 36.4 Å². The summed E-state index contributed by atoms with van der Waals surface area (Å²) in [6, 6.07) is 3.03. The third kappa shape index (κ3) is 4.06. The van der Waals surface area contributed by atoms with Gasteiger partial charge in [-0.2, -0.15) is 4.39 Å². The van der Waals surface area contributed by atoms with Gasteiger partial charge in [0.2, 0.25) is 11.7 Å². The molecule has 1 unspecified atom stereocenters. The lowest BCUT2D eigenvalue weighted by atomic mass is 9.90. The van der Waals surface area contributed by atoms with Gasteiger partial charge in [0.05, 0.1) is 5.56 Å². The van der Waals surface area contributed by atoms with Crippen LogP contribution in [0.3, 0.4) is 0 Å². The second kappa shape index (κ2) is 7.60. The minimum absolute atomic E-state index is 0.0150. The number of halogens is 1. The summed E-state index contributed by atoms with van der Waals surface area (Å²) in [5, 5.41) is 0.874. The van der Waals surface area contributed by atoms with Gasteiger partial charge in [0.15, 0.2) is 5.13 Å². The molecule has 1 saturated heterocycles. The number of hydrogen-bond acceptors (Lipinski definition) is 5. The number of ketones is 1. The monoisotopic (exact) mass is 361 g/mol. The van der Waals surface area contributed by atoms with Crippen molar-refractivity contribution in [1.29, 1.82) is 0 Å². The molecule has 1 fully saturated rings. The van der Waals surface area contributed by atoms with Crippen LogP contribution in [0, 0.1) is 24.7 Å². The van der Waals surface area contributed by atoms with E-state index in [0.717, 1.165) is 29.5 Å². The Morgan fingerprint density at radius 2 is 2.28 bits per heavy atom. The second-order valence-corrected chi connectivity index (χ2v) is 8.34. The SMILES string of the molecule is Cc1sc(N2CCCC(CC(C)C)C2)nc1C(=O)c1cccnc1F. The summed E-state index contributed by atoms with van der Waals surface area (Å²) >= 11 is 1.52. The number of piperidine rings is 1.